The second kappa shape index (κ2) is 11.0. The predicted molar refractivity (Wildman–Crippen MR) is 133 cm³/mol. The minimum absolute atomic E-state index is 0.118. The number of nitro groups is 1. The SMILES string of the molecule is CNc1cncc(CN2CCC[C@@H](Nc3c(C(=O)N4CC(F)(F)OC(F)(F)C4)cc(Br)cc3[N+](=O)[O-])C2)c1. The molecule has 1 aromatic heterocycles. The number of ether oxygens (including phenoxy) is 1. The first kappa shape index (κ1) is 28.0. The summed E-state index contributed by atoms with van der Waals surface area (Å²) in [5, 5.41) is 17.9. The van der Waals surface area contributed by atoms with Gasteiger partial charge in [0.05, 0.1) is 16.2 Å². The molecular formula is C23H25BrF4N6O4. The summed E-state index contributed by atoms with van der Waals surface area (Å²) in [6.07, 6.45) is -3.79. The van der Waals surface area contributed by atoms with Crippen molar-refractivity contribution in [3.8, 4) is 0 Å². The lowest BCUT2D eigenvalue weighted by atomic mass is 10.0. The van der Waals surface area contributed by atoms with Gasteiger partial charge in [-0.3, -0.25) is 29.5 Å². The number of nitrogens with zero attached hydrogens (tertiary/aromatic N) is 4. The van der Waals surface area contributed by atoms with Crippen molar-refractivity contribution >= 4 is 38.9 Å². The number of carbonyl (C=O) groups is 1. The summed E-state index contributed by atoms with van der Waals surface area (Å²) in [6, 6.07) is 3.97. The molecule has 2 aliphatic rings. The number of piperidine rings is 1. The molecule has 2 N–H and O–H groups in total. The van der Waals surface area contributed by atoms with Crippen LogP contribution in [0.15, 0.2) is 35.1 Å². The van der Waals surface area contributed by atoms with E-state index in [4.69, 9.17) is 0 Å². The van der Waals surface area contributed by atoms with E-state index in [1.807, 2.05) is 6.07 Å². The number of benzene rings is 1. The number of alkyl halides is 4. The average Bonchev–Trinajstić information content (AvgIpc) is 2.82. The first-order valence-corrected chi connectivity index (χ1v) is 12.5. The quantitative estimate of drug-likeness (QED) is 0.269. The number of amides is 1. The molecule has 1 aromatic carbocycles. The van der Waals surface area contributed by atoms with Crippen LogP contribution in [0.1, 0.15) is 28.8 Å². The van der Waals surface area contributed by atoms with E-state index in [1.165, 1.54) is 6.07 Å². The van der Waals surface area contributed by atoms with Crippen LogP contribution in [-0.4, -0.2) is 77.1 Å². The fraction of sp³-hybridized carbons (Fsp3) is 0.478. The third-order valence-corrected chi connectivity index (χ3v) is 6.65. The molecule has 0 spiro atoms. The molecule has 0 unspecified atom stereocenters. The minimum atomic E-state index is -4.29. The fourth-order valence-electron chi connectivity index (χ4n) is 4.64. The van der Waals surface area contributed by atoms with Gasteiger partial charge in [-0.2, -0.15) is 17.6 Å². The van der Waals surface area contributed by atoms with Crippen LogP contribution in [0.3, 0.4) is 0 Å². The Morgan fingerprint density at radius 1 is 1.24 bits per heavy atom. The molecule has 10 nitrogen and oxygen atoms in total. The zero-order valence-corrected chi connectivity index (χ0v) is 21.8. The van der Waals surface area contributed by atoms with E-state index in [0.717, 1.165) is 30.3 Å². The van der Waals surface area contributed by atoms with Gasteiger partial charge in [-0.05, 0) is 37.1 Å². The van der Waals surface area contributed by atoms with Gasteiger partial charge < -0.3 is 15.5 Å². The number of nitrogens with one attached hydrogen (secondary N) is 2. The number of likely N-dealkylation sites (tertiary alicyclic amines) is 1. The van der Waals surface area contributed by atoms with Crippen LogP contribution < -0.4 is 10.6 Å². The summed E-state index contributed by atoms with van der Waals surface area (Å²) in [7, 11) is 1.78. The van der Waals surface area contributed by atoms with E-state index in [-0.39, 0.29) is 26.7 Å². The fourth-order valence-corrected chi connectivity index (χ4v) is 5.09. The molecule has 15 heteroatoms. The Morgan fingerprint density at radius 3 is 2.61 bits per heavy atom. The zero-order valence-electron chi connectivity index (χ0n) is 20.2. The van der Waals surface area contributed by atoms with Crippen molar-refractivity contribution in [3.63, 3.8) is 0 Å². The molecule has 4 rings (SSSR count). The maximum Gasteiger partial charge on any atom is 0.377 e. The van der Waals surface area contributed by atoms with Crippen molar-refractivity contribution < 1.29 is 32.0 Å². The maximum atomic E-state index is 13.8. The Morgan fingerprint density at radius 2 is 1.95 bits per heavy atom. The van der Waals surface area contributed by atoms with Crippen LogP contribution in [0.5, 0.6) is 0 Å². The lowest BCUT2D eigenvalue weighted by molar-refractivity contribution is -0.400. The van der Waals surface area contributed by atoms with Crippen LogP contribution in [0.4, 0.5) is 34.6 Å². The van der Waals surface area contributed by atoms with Gasteiger partial charge in [0.2, 0.25) is 0 Å². The van der Waals surface area contributed by atoms with Crippen molar-refractivity contribution in [2.24, 2.45) is 0 Å². The summed E-state index contributed by atoms with van der Waals surface area (Å²) < 4.78 is 58.9. The van der Waals surface area contributed by atoms with E-state index < -0.39 is 41.8 Å². The van der Waals surface area contributed by atoms with E-state index in [9.17, 15) is 32.5 Å². The van der Waals surface area contributed by atoms with E-state index in [2.05, 4.69) is 41.2 Å². The Kier molecular flexibility index (Phi) is 8.09. The normalized spacial score (nSPS) is 21.1. The summed E-state index contributed by atoms with van der Waals surface area (Å²) in [4.78, 5) is 30.9. The Balaban J connectivity index is 1.60. The summed E-state index contributed by atoms with van der Waals surface area (Å²) in [5.41, 5.74) is 0.728. The first-order valence-electron chi connectivity index (χ1n) is 11.7. The van der Waals surface area contributed by atoms with Crippen molar-refractivity contribution in [2.75, 3.05) is 43.9 Å². The van der Waals surface area contributed by atoms with E-state index in [1.54, 1.807) is 19.4 Å². The Hall–Kier alpha value is -3.04. The monoisotopic (exact) mass is 604 g/mol. The number of aromatic nitrogens is 1. The molecule has 0 aliphatic carbocycles. The van der Waals surface area contributed by atoms with Crippen LogP contribution >= 0.6 is 15.9 Å². The maximum absolute atomic E-state index is 13.8. The number of anilines is 2. The molecule has 0 bridgehead atoms. The molecule has 0 saturated carbocycles. The summed E-state index contributed by atoms with van der Waals surface area (Å²) >= 11 is 3.09. The number of pyridine rings is 1. The number of carbonyl (C=O) groups excluding carboxylic acids is 1. The molecule has 3 heterocycles. The number of rotatable bonds is 7. The number of nitro benzene ring substituents is 1. The van der Waals surface area contributed by atoms with E-state index >= 15 is 0 Å². The molecule has 1 amide bonds. The molecule has 1 atom stereocenters. The third kappa shape index (κ3) is 6.69. The highest BCUT2D eigenvalue weighted by atomic mass is 79.9. The molecule has 2 fully saturated rings. The standard InChI is InChI=1S/C23H25BrF4N6O4/c1-29-17-5-14(8-30-9-17)10-32-4-2-3-16(11-32)31-20-18(6-15(24)7-19(20)34(36)37)21(35)33-12-22(25,26)38-23(27,28)13-33/h5-9,16,29,31H,2-4,10-13H2,1H3/t16-/m1/s1. The largest absolute Gasteiger partial charge is 0.387 e. The molecule has 2 saturated heterocycles. The summed E-state index contributed by atoms with van der Waals surface area (Å²) in [6.45, 7) is -1.06. The molecule has 2 aliphatic heterocycles. The highest BCUT2D eigenvalue weighted by Gasteiger charge is 2.53. The van der Waals surface area contributed by atoms with Gasteiger partial charge in [0, 0.05) is 49.1 Å². The number of hydrogen-bond donors (Lipinski definition) is 2. The van der Waals surface area contributed by atoms with Crippen molar-refractivity contribution in [1.82, 2.24) is 14.8 Å². The first-order chi connectivity index (χ1) is 17.9. The molecule has 206 valence electrons. The minimum Gasteiger partial charge on any atom is -0.387 e. The zero-order chi connectivity index (χ0) is 27.7. The van der Waals surface area contributed by atoms with Gasteiger partial charge >= 0.3 is 12.2 Å². The summed E-state index contributed by atoms with van der Waals surface area (Å²) in [5.74, 6) is -1.21. The second-order valence-electron chi connectivity index (χ2n) is 9.19. The van der Waals surface area contributed by atoms with Crippen LogP contribution in [0.2, 0.25) is 0 Å². The highest BCUT2D eigenvalue weighted by molar-refractivity contribution is 9.10. The topological polar surface area (TPSA) is 113 Å². The third-order valence-electron chi connectivity index (χ3n) is 6.19. The van der Waals surface area contributed by atoms with Gasteiger partial charge in [-0.25, -0.2) is 0 Å². The van der Waals surface area contributed by atoms with Gasteiger partial charge in [-0.15, -0.1) is 0 Å². The van der Waals surface area contributed by atoms with Crippen LogP contribution in [0.25, 0.3) is 0 Å². The molecule has 38 heavy (non-hydrogen) atoms. The lowest BCUT2D eigenvalue weighted by Crippen LogP contribution is -2.56. The molecule has 2 aromatic rings. The van der Waals surface area contributed by atoms with Crippen molar-refractivity contribution in [2.45, 2.75) is 37.6 Å². The number of halogens is 5. The average molecular weight is 605 g/mol. The van der Waals surface area contributed by atoms with Gasteiger partial charge in [0.1, 0.15) is 18.8 Å². The number of hydrogen-bond acceptors (Lipinski definition) is 8. The predicted octanol–water partition coefficient (Wildman–Crippen LogP) is 4.53. The van der Waals surface area contributed by atoms with Gasteiger partial charge in [0.15, 0.2) is 0 Å². The van der Waals surface area contributed by atoms with Crippen LogP contribution in [0, 0.1) is 10.1 Å². The molecular weight excluding hydrogens is 580 g/mol. The van der Waals surface area contributed by atoms with Gasteiger partial charge in [-0.1, -0.05) is 15.9 Å². The Labute approximate surface area is 223 Å². The molecule has 0 radical (unpaired) electrons. The second-order valence-corrected chi connectivity index (χ2v) is 10.1. The Bertz CT molecular complexity index is 1200. The van der Waals surface area contributed by atoms with E-state index in [0.29, 0.717) is 19.5 Å². The van der Waals surface area contributed by atoms with Gasteiger partial charge in [0.25, 0.3) is 11.6 Å². The van der Waals surface area contributed by atoms with Crippen molar-refractivity contribution in [1.29, 1.82) is 0 Å². The highest BCUT2D eigenvalue weighted by Crippen LogP contribution is 2.38. The number of morpholine rings is 1. The van der Waals surface area contributed by atoms with Crippen molar-refractivity contribution in [3.05, 3.63) is 56.3 Å². The van der Waals surface area contributed by atoms with Crippen LogP contribution in [-0.2, 0) is 11.3 Å². The smallest absolute Gasteiger partial charge is 0.377 e. The lowest BCUT2D eigenvalue weighted by Gasteiger charge is -2.37.